The number of ether oxygens (including phenoxy) is 1. The van der Waals surface area contributed by atoms with Gasteiger partial charge >= 0.3 is 5.97 Å². The van der Waals surface area contributed by atoms with Gasteiger partial charge in [-0.3, -0.25) is 9.78 Å². The second kappa shape index (κ2) is 9.08. The van der Waals surface area contributed by atoms with E-state index in [9.17, 15) is 9.59 Å². The number of carbonyl (C=O) groups excluding carboxylic acids is 2. The fourth-order valence-electron chi connectivity index (χ4n) is 3.56. The summed E-state index contributed by atoms with van der Waals surface area (Å²) in [7, 11) is 0. The van der Waals surface area contributed by atoms with E-state index in [1.165, 1.54) is 0 Å². The van der Waals surface area contributed by atoms with Gasteiger partial charge in [-0.05, 0) is 42.0 Å². The molecule has 0 atom stereocenters. The summed E-state index contributed by atoms with van der Waals surface area (Å²) >= 11 is 0. The maximum absolute atomic E-state index is 12.7. The van der Waals surface area contributed by atoms with E-state index in [0.717, 1.165) is 28.0 Å². The number of hydrogen-bond acceptors (Lipinski definition) is 4. The average molecular weight is 405 g/mol. The van der Waals surface area contributed by atoms with Crippen molar-refractivity contribution in [2.75, 3.05) is 11.9 Å². The van der Waals surface area contributed by atoms with Crippen molar-refractivity contribution in [1.29, 1.82) is 0 Å². The third kappa shape index (κ3) is 4.67. The number of pyridine rings is 1. The summed E-state index contributed by atoms with van der Waals surface area (Å²) in [6, 6.07) is 15.1. The van der Waals surface area contributed by atoms with Crippen LogP contribution in [0.2, 0.25) is 0 Å². The number of aryl methyl sites for hydroxylation is 1. The predicted molar refractivity (Wildman–Crippen MR) is 120 cm³/mol. The third-order valence-corrected chi connectivity index (χ3v) is 5.04. The van der Waals surface area contributed by atoms with E-state index in [2.05, 4.69) is 38.0 Å². The van der Waals surface area contributed by atoms with Gasteiger partial charge in [0.25, 0.3) is 5.91 Å². The first-order chi connectivity index (χ1) is 14.3. The maximum Gasteiger partial charge on any atom is 0.339 e. The number of nitrogens with zero attached hydrogens (tertiary/aromatic N) is 1. The number of fused-ring (bicyclic) bond motifs is 1. The maximum atomic E-state index is 12.7. The number of anilines is 1. The van der Waals surface area contributed by atoms with Gasteiger partial charge in [-0.2, -0.15) is 0 Å². The third-order valence-electron chi connectivity index (χ3n) is 5.04. The fourth-order valence-corrected chi connectivity index (χ4v) is 3.56. The topological polar surface area (TPSA) is 68.3 Å². The lowest BCUT2D eigenvalue weighted by Gasteiger charge is -2.20. The van der Waals surface area contributed by atoms with Gasteiger partial charge in [-0.1, -0.05) is 64.1 Å². The molecule has 0 saturated carbocycles. The highest BCUT2D eigenvalue weighted by molar-refractivity contribution is 6.04. The van der Waals surface area contributed by atoms with Crippen molar-refractivity contribution in [2.24, 2.45) is 0 Å². The highest BCUT2D eigenvalue weighted by atomic mass is 16.5. The Morgan fingerprint density at radius 3 is 2.23 bits per heavy atom. The van der Waals surface area contributed by atoms with Crippen molar-refractivity contribution in [2.45, 2.75) is 46.5 Å². The van der Waals surface area contributed by atoms with Gasteiger partial charge in [0, 0.05) is 16.8 Å². The summed E-state index contributed by atoms with van der Waals surface area (Å²) in [5, 5.41) is 3.68. The van der Waals surface area contributed by atoms with Crippen molar-refractivity contribution in [3.8, 4) is 0 Å². The molecule has 2 aromatic carbocycles. The first-order valence-electron chi connectivity index (χ1n) is 10.2. The van der Waals surface area contributed by atoms with Crippen LogP contribution in [0.4, 0.5) is 5.69 Å². The summed E-state index contributed by atoms with van der Waals surface area (Å²) < 4.78 is 5.35. The van der Waals surface area contributed by atoms with Crippen molar-refractivity contribution >= 4 is 28.5 Å². The lowest BCUT2D eigenvalue weighted by molar-refractivity contribution is -0.119. The molecule has 30 heavy (non-hydrogen) atoms. The number of aromatic nitrogens is 1. The minimum atomic E-state index is -0.534. The summed E-state index contributed by atoms with van der Waals surface area (Å²) in [6.45, 7) is 9.83. The molecule has 0 aliphatic rings. The normalized spacial score (nSPS) is 11.2. The molecule has 3 aromatic rings. The lowest BCUT2D eigenvalue weighted by Crippen LogP contribution is -2.23. The minimum absolute atomic E-state index is 0.257. The van der Waals surface area contributed by atoms with Gasteiger partial charge in [0.1, 0.15) is 0 Å². The summed E-state index contributed by atoms with van der Waals surface area (Å²) in [6.07, 6.45) is 0. The second-order valence-corrected chi connectivity index (χ2v) is 8.07. The van der Waals surface area contributed by atoms with Crippen LogP contribution in [0.1, 0.15) is 66.7 Å². The number of amides is 1. The molecule has 5 nitrogen and oxygen atoms in total. The Morgan fingerprint density at radius 2 is 1.60 bits per heavy atom. The zero-order valence-corrected chi connectivity index (χ0v) is 18.2. The van der Waals surface area contributed by atoms with Gasteiger partial charge < -0.3 is 10.1 Å². The summed E-state index contributed by atoms with van der Waals surface area (Å²) in [5.74, 6) is -0.373. The molecular formula is C25H28N2O3. The van der Waals surface area contributed by atoms with Gasteiger partial charge in [0.15, 0.2) is 6.61 Å². The molecule has 0 saturated heterocycles. The number of nitrogens with one attached hydrogen (secondary N) is 1. The van der Waals surface area contributed by atoms with E-state index in [1.807, 2.05) is 49.4 Å². The Balaban J connectivity index is 1.77. The SMILES string of the molecule is Cc1cc(C(=O)OCC(=O)Nc2c(C(C)C)cccc2C(C)C)c2ccccc2n1. The number of benzene rings is 2. The minimum Gasteiger partial charge on any atom is -0.452 e. The molecular weight excluding hydrogens is 376 g/mol. The van der Waals surface area contributed by atoms with E-state index in [4.69, 9.17) is 4.74 Å². The largest absolute Gasteiger partial charge is 0.452 e. The van der Waals surface area contributed by atoms with Crippen molar-refractivity contribution in [1.82, 2.24) is 4.98 Å². The van der Waals surface area contributed by atoms with Crippen LogP contribution in [0.15, 0.2) is 48.5 Å². The monoisotopic (exact) mass is 404 g/mol. The fraction of sp³-hybridized carbons (Fsp3) is 0.320. The molecule has 0 aliphatic heterocycles. The van der Waals surface area contributed by atoms with Gasteiger partial charge in [-0.15, -0.1) is 0 Å². The zero-order valence-electron chi connectivity index (χ0n) is 18.2. The summed E-state index contributed by atoms with van der Waals surface area (Å²) in [5.41, 5.74) is 4.80. The van der Waals surface area contributed by atoms with E-state index in [-0.39, 0.29) is 24.3 Å². The van der Waals surface area contributed by atoms with Crippen LogP contribution in [-0.4, -0.2) is 23.5 Å². The van der Waals surface area contributed by atoms with E-state index >= 15 is 0 Å². The van der Waals surface area contributed by atoms with E-state index < -0.39 is 5.97 Å². The molecule has 0 aliphatic carbocycles. The molecule has 0 bridgehead atoms. The van der Waals surface area contributed by atoms with Gasteiger partial charge in [0.05, 0.1) is 11.1 Å². The molecule has 1 aromatic heterocycles. The molecule has 0 radical (unpaired) electrons. The lowest BCUT2D eigenvalue weighted by atomic mass is 9.92. The van der Waals surface area contributed by atoms with E-state index in [1.54, 1.807) is 6.07 Å². The number of hydrogen-bond donors (Lipinski definition) is 1. The smallest absolute Gasteiger partial charge is 0.339 e. The van der Waals surface area contributed by atoms with Crippen molar-refractivity contribution in [3.63, 3.8) is 0 Å². The molecule has 5 heteroatoms. The highest BCUT2D eigenvalue weighted by Gasteiger charge is 2.18. The second-order valence-electron chi connectivity index (χ2n) is 8.07. The Hall–Kier alpha value is -3.21. The van der Waals surface area contributed by atoms with Crippen LogP contribution < -0.4 is 5.32 Å². The van der Waals surface area contributed by atoms with Crippen LogP contribution >= 0.6 is 0 Å². The first-order valence-corrected chi connectivity index (χ1v) is 10.2. The molecule has 1 heterocycles. The first kappa shape index (κ1) is 21.5. The Bertz CT molecular complexity index is 1060. The molecule has 1 N–H and O–H groups in total. The van der Waals surface area contributed by atoms with E-state index in [0.29, 0.717) is 10.9 Å². The Kier molecular flexibility index (Phi) is 6.50. The molecule has 0 unspecified atom stereocenters. The van der Waals surface area contributed by atoms with Crippen molar-refractivity contribution < 1.29 is 14.3 Å². The van der Waals surface area contributed by atoms with Crippen LogP contribution in [-0.2, 0) is 9.53 Å². The molecule has 1 amide bonds. The quantitative estimate of drug-likeness (QED) is 0.544. The zero-order chi connectivity index (χ0) is 21.8. The summed E-state index contributed by atoms with van der Waals surface area (Å²) in [4.78, 5) is 29.8. The van der Waals surface area contributed by atoms with Gasteiger partial charge in [-0.25, -0.2) is 4.79 Å². The Labute approximate surface area is 177 Å². The number of carbonyl (C=O) groups is 2. The molecule has 156 valence electrons. The van der Waals surface area contributed by atoms with Crippen molar-refractivity contribution in [3.05, 3.63) is 70.9 Å². The van der Waals surface area contributed by atoms with Crippen LogP contribution in [0.5, 0.6) is 0 Å². The average Bonchev–Trinajstić information content (AvgIpc) is 2.71. The number of rotatable bonds is 6. The Morgan fingerprint density at radius 1 is 0.967 bits per heavy atom. The molecule has 0 fully saturated rings. The van der Waals surface area contributed by atoms with Crippen LogP contribution in [0.25, 0.3) is 10.9 Å². The molecule has 0 spiro atoms. The van der Waals surface area contributed by atoms with Gasteiger partial charge in [0.2, 0.25) is 0 Å². The number of para-hydroxylation sites is 2. The number of esters is 1. The molecule has 3 rings (SSSR count). The van der Waals surface area contributed by atoms with Crippen LogP contribution in [0.3, 0.4) is 0 Å². The predicted octanol–water partition coefficient (Wildman–Crippen LogP) is 5.59. The van der Waals surface area contributed by atoms with Crippen LogP contribution in [0, 0.1) is 6.92 Å². The standard InChI is InChI=1S/C25H28N2O3/c1-15(2)18-10-8-11-19(16(3)4)24(18)27-23(28)14-30-25(29)21-13-17(5)26-22-12-7-6-9-20(21)22/h6-13,15-16H,14H2,1-5H3,(H,27,28). The highest BCUT2D eigenvalue weighted by Crippen LogP contribution is 2.32.